The molecule has 9 nitrogen and oxygen atoms in total. The molecule has 0 bridgehead atoms. The van der Waals surface area contributed by atoms with E-state index in [0.717, 1.165) is 5.69 Å². The summed E-state index contributed by atoms with van der Waals surface area (Å²) in [5.41, 5.74) is 4.56. The molecule has 0 unspecified atom stereocenters. The Morgan fingerprint density at radius 3 is 2.47 bits per heavy atom. The molecule has 174 valence electrons. The molecule has 0 aliphatic rings. The van der Waals surface area contributed by atoms with E-state index in [-0.39, 0.29) is 17.7 Å². The van der Waals surface area contributed by atoms with E-state index in [2.05, 4.69) is 46.1 Å². The summed E-state index contributed by atoms with van der Waals surface area (Å²) in [7, 11) is 0. The molecule has 0 fully saturated rings. The first-order valence-electron chi connectivity index (χ1n) is 10.6. The molecular formula is C24H24N6O3S. The van der Waals surface area contributed by atoms with Gasteiger partial charge in [-0.1, -0.05) is 17.8 Å². The minimum atomic E-state index is -0.350. The van der Waals surface area contributed by atoms with Crippen LogP contribution in [0.4, 0.5) is 16.2 Å². The van der Waals surface area contributed by atoms with Crippen molar-refractivity contribution in [3.8, 4) is 5.69 Å². The molecule has 4 aromatic rings. The van der Waals surface area contributed by atoms with E-state index >= 15 is 0 Å². The maximum Gasteiger partial charge on any atom is 0.319 e. The number of benzene rings is 2. The Hall–Kier alpha value is -4.05. The van der Waals surface area contributed by atoms with Gasteiger partial charge < -0.3 is 20.4 Å². The van der Waals surface area contributed by atoms with E-state index in [1.807, 2.05) is 16.7 Å². The number of aromatic nitrogens is 3. The zero-order valence-electron chi connectivity index (χ0n) is 18.7. The van der Waals surface area contributed by atoms with Crippen molar-refractivity contribution < 1.29 is 14.0 Å². The molecule has 4 rings (SSSR count). The van der Waals surface area contributed by atoms with Gasteiger partial charge in [-0.15, -0.1) is 10.2 Å². The summed E-state index contributed by atoms with van der Waals surface area (Å²) < 4.78 is 7.04. The lowest BCUT2D eigenvalue weighted by molar-refractivity contribution is -0.113. The molecule has 2 aromatic heterocycles. The number of furan rings is 1. The third kappa shape index (κ3) is 6.04. The number of carbonyl (C=O) groups excluding carboxylic acids is 2. The van der Waals surface area contributed by atoms with Crippen LogP contribution in [0, 0.1) is 13.8 Å². The second kappa shape index (κ2) is 10.7. The molecule has 0 aliphatic heterocycles. The van der Waals surface area contributed by atoms with Crippen molar-refractivity contribution in [3.63, 3.8) is 0 Å². The zero-order valence-corrected chi connectivity index (χ0v) is 19.6. The van der Waals surface area contributed by atoms with Crippen LogP contribution in [0.5, 0.6) is 0 Å². The number of nitrogens with zero attached hydrogens (tertiary/aromatic N) is 3. The Morgan fingerprint density at radius 2 is 1.76 bits per heavy atom. The highest BCUT2D eigenvalue weighted by atomic mass is 32.2. The van der Waals surface area contributed by atoms with Crippen LogP contribution in [0.3, 0.4) is 0 Å². The van der Waals surface area contributed by atoms with Crippen LogP contribution in [0.25, 0.3) is 5.69 Å². The van der Waals surface area contributed by atoms with E-state index < -0.39 is 0 Å². The number of thioether (sulfide) groups is 1. The second-order valence-electron chi connectivity index (χ2n) is 7.55. The summed E-state index contributed by atoms with van der Waals surface area (Å²) in [6.07, 6.45) is 3.19. The molecule has 3 amide bonds. The van der Waals surface area contributed by atoms with Crippen molar-refractivity contribution in [2.75, 3.05) is 16.4 Å². The molecule has 34 heavy (non-hydrogen) atoms. The molecule has 0 radical (unpaired) electrons. The number of nitrogens with one attached hydrogen (secondary N) is 3. The number of urea groups is 1. The number of hydrogen-bond donors (Lipinski definition) is 3. The first-order valence-corrected chi connectivity index (χ1v) is 11.5. The third-order valence-corrected chi connectivity index (χ3v) is 5.99. The number of carbonyl (C=O) groups is 2. The van der Waals surface area contributed by atoms with E-state index in [1.165, 1.54) is 22.9 Å². The quantitative estimate of drug-likeness (QED) is 0.322. The van der Waals surface area contributed by atoms with E-state index in [0.29, 0.717) is 28.8 Å². The van der Waals surface area contributed by atoms with Crippen molar-refractivity contribution in [2.24, 2.45) is 0 Å². The summed E-state index contributed by atoms with van der Waals surface area (Å²) in [5.74, 6) is 0.675. The minimum Gasteiger partial charge on any atom is -0.467 e. The Bertz CT molecular complexity index is 1270. The summed E-state index contributed by atoms with van der Waals surface area (Å²) in [4.78, 5) is 24.4. The normalized spacial score (nSPS) is 10.6. The standard InChI is InChI=1S/C24H24N6O3S/c1-16-5-10-20(12-17(16)2)30-15-26-29-24(30)34-14-22(31)27-18-6-8-19(9-7-18)28-23(32)25-13-21-4-3-11-33-21/h3-12,15H,13-14H2,1-2H3,(H,27,31)(H2,25,28,32). The topological polar surface area (TPSA) is 114 Å². The number of amides is 3. The van der Waals surface area contributed by atoms with Crippen molar-refractivity contribution in [1.29, 1.82) is 0 Å². The van der Waals surface area contributed by atoms with Gasteiger partial charge in [-0.25, -0.2) is 4.79 Å². The van der Waals surface area contributed by atoms with Crippen LogP contribution in [0.2, 0.25) is 0 Å². The lowest BCUT2D eigenvalue weighted by Gasteiger charge is -2.10. The first kappa shape index (κ1) is 23.1. The van der Waals surface area contributed by atoms with Gasteiger partial charge in [0.1, 0.15) is 12.1 Å². The van der Waals surface area contributed by atoms with Gasteiger partial charge in [0.25, 0.3) is 0 Å². The van der Waals surface area contributed by atoms with E-state index in [4.69, 9.17) is 4.42 Å². The number of hydrogen-bond acceptors (Lipinski definition) is 6. The molecule has 0 saturated heterocycles. The Labute approximate surface area is 201 Å². The summed E-state index contributed by atoms with van der Waals surface area (Å²) >= 11 is 1.31. The summed E-state index contributed by atoms with van der Waals surface area (Å²) in [5, 5.41) is 17.0. The SMILES string of the molecule is Cc1ccc(-n2cnnc2SCC(=O)Nc2ccc(NC(=O)NCc3ccco3)cc2)cc1C. The van der Waals surface area contributed by atoms with Crippen LogP contribution in [-0.2, 0) is 11.3 Å². The monoisotopic (exact) mass is 476 g/mol. The van der Waals surface area contributed by atoms with Gasteiger partial charge in [-0.05, 0) is 73.5 Å². The molecule has 3 N–H and O–H groups in total. The minimum absolute atomic E-state index is 0.170. The van der Waals surface area contributed by atoms with Crippen LogP contribution in [0.1, 0.15) is 16.9 Å². The van der Waals surface area contributed by atoms with Gasteiger partial charge in [0.2, 0.25) is 5.91 Å². The average Bonchev–Trinajstić information content (AvgIpc) is 3.52. The fourth-order valence-corrected chi connectivity index (χ4v) is 3.82. The highest BCUT2D eigenvalue weighted by Gasteiger charge is 2.11. The fraction of sp³-hybridized carbons (Fsp3) is 0.167. The van der Waals surface area contributed by atoms with Crippen molar-refractivity contribution in [2.45, 2.75) is 25.5 Å². The molecule has 2 aromatic carbocycles. The first-order chi connectivity index (χ1) is 16.5. The number of anilines is 2. The number of rotatable bonds is 8. The number of aryl methyl sites for hydroxylation is 2. The van der Waals surface area contributed by atoms with Gasteiger partial charge in [0.15, 0.2) is 5.16 Å². The molecule has 0 saturated carbocycles. The van der Waals surface area contributed by atoms with Crippen LogP contribution >= 0.6 is 11.8 Å². The van der Waals surface area contributed by atoms with Crippen LogP contribution in [-0.4, -0.2) is 32.5 Å². The predicted molar refractivity (Wildman–Crippen MR) is 131 cm³/mol. The molecule has 0 aliphatic carbocycles. The van der Waals surface area contributed by atoms with Gasteiger partial charge in [-0.2, -0.15) is 0 Å². The molecular weight excluding hydrogens is 452 g/mol. The van der Waals surface area contributed by atoms with Gasteiger partial charge in [0, 0.05) is 17.1 Å². The molecule has 0 spiro atoms. The summed E-state index contributed by atoms with van der Waals surface area (Å²) in [6.45, 7) is 4.41. The maximum atomic E-state index is 12.4. The Balaban J connectivity index is 1.26. The predicted octanol–water partition coefficient (Wildman–Crippen LogP) is 4.53. The maximum absolute atomic E-state index is 12.4. The lowest BCUT2D eigenvalue weighted by Crippen LogP contribution is -2.27. The molecule has 2 heterocycles. The summed E-state index contributed by atoms with van der Waals surface area (Å²) in [6, 6.07) is 16.2. The fourth-order valence-electron chi connectivity index (χ4n) is 3.10. The zero-order chi connectivity index (χ0) is 23.9. The van der Waals surface area contributed by atoms with Crippen molar-refractivity contribution >= 4 is 35.1 Å². The third-order valence-electron chi connectivity index (χ3n) is 5.05. The van der Waals surface area contributed by atoms with Gasteiger partial charge in [-0.3, -0.25) is 9.36 Å². The Kier molecular flexibility index (Phi) is 7.28. The lowest BCUT2D eigenvalue weighted by atomic mass is 10.1. The van der Waals surface area contributed by atoms with E-state index in [9.17, 15) is 9.59 Å². The highest BCUT2D eigenvalue weighted by molar-refractivity contribution is 7.99. The van der Waals surface area contributed by atoms with Crippen LogP contribution < -0.4 is 16.0 Å². The average molecular weight is 477 g/mol. The Morgan fingerprint density at radius 1 is 1.00 bits per heavy atom. The molecule has 10 heteroatoms. The van der Waals surface area contributed by atoms with E-state index in [1.54, 1.807) is 49.0 Å². The van der Waals surface area contributed by atoms with Crippen molar-refractivity contribution in [3.05, 3.63) is 84.1 Å². The molecule has 0 atom stereocenters. The van der Waals surface area contributed by atoms with Gasteiger partial charge >= 0.3 is 6.03 Å². The second-order valence-corrected chi connectivity index (χ2v) is 8.50. The van der Waals surface area contributed by atoms with Crippen molar-refractivity contribution in [1.82, 2.24) is 20.1 Å². The largest absolute Gasteiger partial charge is 0.467 e. The van der Waals surface area contributed by atoms with Crippen LogP contribution in [0.15, 0.2) is 76.8 Å². The highest BCUT2D eigenvalue weighted by Crippen LogP contribution is 2.22. The van der Waals surface area contributed by atoms with Gasteiger partial charge in [0.05, 0.1) is 18.6 Å². The smallest absolute Gasteiger partial charge is 0.319 e.